The summed E-state index contributed by atoms with van der Waals surface area (Å²) in [5.74, 6) is 0. The molecule has 0 spiro atoms. The number of aromatic nitrogens is 1. The molecule has 0 N–H and O–H groups in total. The van der Waals surface area contributed by atoms with E-state index in [0.717, 1.165) is 22.7 Å². The minimum Gasteiger partial charge on any atom is -0.310 e. The smallest absolute Gasteiger partial charge is 0.0714 e. The molecule has 0 unspecified atom stereocenters. The number of anilines is 3. The highest BCUT2D eigenvalue weighted by Gasteiger charge is 2.46. The van der Waals surface area contributed by atoms with Gasteiger partial charge in [-0.25, -0.2) is 0 Å². The van der Waals surface area contributed by atoms with Crippen LogP contribution in [0.15, 0.2) is 243 Å². The third-order valence-electron chi connectivity index (χ3n) is 12.9. The first-order chi connectivity index (χ1) is 30.3. The summed E-state index contributed by atoms with van der Waals surface area (Å²) >= 11 is 0. The second-order valence-corrected chi connectivity index (χ2v) is 16.1. The number of rotatable bonds is 7. The summed E-state index contributed by atoms with van der Waals surface area (Å²) in [7, 11) is 0. The summed E-state index contributed by atoms with van der Waals surface area (Å²) in [6.45, 7) is 0. The van der Waals surface area contributed by atoms with Gasteiger partial charge in [0.1, 0.15) is 0 Å². The van der Waals surface area contributed by atoms with Crippen molar-refractivity contribution in [1.29, 1.82) is 0 Å². The van der Waals surface area contributed by atoms with Crippen LogP contribution in [0.2, 0.25) is 0 Å². The first kappa shape index (κ1) is 35.0. The fourth-order valence-electron chi connectivity index (χ4n) is 10.2. The van der Waals surface area contributed by atoms with Crippen LogP contribution in [0.4, 0.5) is 17.1 Å². The number of hydrogen-bond donors (Lipinski definition) is 0. The highest BCUT2D eigenvalue weighted by atomic mass is 15.1. The summed E-state index contributed by atoms with van der Waals surface area (Å²) in [4.78, 5) is 2.38. The van der Waals surface area contributed by atoms with E-state index in [1.165, 1.54) is 77.1 Å². The van der Waals surface area contributed by atoms with Crippen LogP contribution in [0.25, 0.3) is 60.5 Å². The van der Waals surface area contributed by atoms with Crippen molar-refractivity contribution in [2.75, 3.05) is 4.90 Å². The first-order valence-electron chi connectivity index (χ1n) is 21.1. The largest absolute Gasteiger partial charge is 0.310 e. The zero-order valence-electron chi connectivity index (χ0n) is 33.5. The van der Waals surface area contributed by atoms with Crippen molar-refractivity contribution >= 4 is 49.6 Å². The van der Waals surface area contributed by atoms with Crippen molar-refractivity contribution in [3.63, 3.8) is 0 Å². The van der Waals surface area contributed by atoms with Gasteiger partial charge in [0.15, 0.2) is 0 Å². The fourth-order valence-corrected chi connectivity index (χ4v) is 10.2. The molecular weight excluding hydrogens is 737 g/mol. The Morgan fingerprint density at radius 2 is 0.902 bits per heavy atom. The minimum atomic E-state index is -0.492. The van der Waals surface area contributed by atoms with Gasteiger partial charge in [-0.3, -0.25) is 0 Å². The van der Waals surface area contributed by atoms with Crippen LogP contribution < -0.4 is 4.90 Å². The molecule has 1 aromatic heterocycles. The molecule has 12 rings (SSSR count). The molecule has 0 fully saturated rings. The SMILES string of the molecule is c1ccc(N(c2ccc(-c3cccc4ccccc34)cc2)c2ccc3c(c2)c2ccc(C4(c5ccccc5)c5ccccc5-c5ccccc54)cc2n3-c2ccccc2)cc1. The molecule has 286 valence electrons. The molecule has 1 heterocycles. The van der Waals surface area contributed by atoms with Gasteiger partial charge in [0.05, 0.1) is 16.4 Å². The molecule has 0 atom stereocenters. The van der Waals surface area contributed by atoms with Crippen LogP contribution in [0.3, 0.4) is 0 Å². The Morgan fingerprint density at radius 3 is 1.64 bits per heavy atom. The van der Waals surface area contributed by atoms with Gasteiger partial charge in [-0.2, -0.15) is 0 Å². The van der Waals surface area contributed by atoms with Crippen LogP contribution in [-0.2, 0) is 5.41 Å². The second-order valence-electron chi connectivity index (χ2n) is 16.1. The van der Waals surface area contributed by atoms with Crippen molar-refractivity contribution in [2.45, 2.75) is 5.41 Å². The number of nitrogens with zero attached hydrogens (tertiary/aromatic N) is 2. The molecule has 11 aromatic rings. The zero-order valence-corrected chi connectivity index (χ0v) is 33.5. The Labute approximate surface area is 355 Å². The Hall–Kier alpha value is -7.94. The van der Waals surface area contributed by atoms with E-state index in [1.807, 2.05) is 0 Å². The van der Waals surface area contributed by atoms with Crippen LogP contribution in [0, 0.1) is 0 Å². The summed E-state index contributed by atoms with van der Waals surface area (Å²) < 4.78 is 2.45. The van der Waals surface area contributed by atoms with E-state index in [9.17, 15) is 0 Å². The van der Waals surface area contributed by atoms with E-state index in [4.69, 9.17) is 0 Å². The van der Waals surface area contributed by atoms with Crippen LogP contribution in [0.5, 0.6) is 0 Å². The Morgan fingerprint density at radius 1 is 0.328 bits per heavy atom. The number of para-hydroxylation sites is 2. The molecule has 0 bridgehead atoms. The summed E-state index contributed by atoms with van der Waals surface area (Å²) in [6.07, 6.45) is 0. The third kappa shape index (κ3) is 5.43. The number of hydrogen-bond acceptors (Lipinski definition) is 1. The predicted molar refractivity (Wildman–Crippen MR) is 256 cm³/mol. The lowest BCUT2D eigenvalue weighted by Crippen LogP contribution is -2.28. The molecular formula is C59H40N2. The van der Waals surface area contributed by atoms with Crippen molar-refractivity contribution in [3.8, 4) is 27.9 Å². The maximum absolute atomic E-state index is 2.47. The maximum atomic E-state index is 2.47. The Balaban J connectivity index is 1.07. The van der Waals surface area contributed by atoms with Crippen molar-refractivity contribution in [3.05, 3.63) is 265 Å². The summed E-state index contributed by atoms with van der Waals surface area (Å²) in [5, 5.41) is 4.93. The van der Waals surface area contributed by atoms with E-state index >= 15 is 0 Å². The van der Waals surface area contributed by atoms with Gasteiger partial charge < -0.3 is 9.47 Å². The van der Waals surface area contributed by atoms with Gasteiger partial charge >= 0.3 is 0 Å². The predicted octanol–water partition coefficient (Wildman–Crippen LogP) is 15.4. The molecule has 1 aliphatic rings. The lowest BCUT2D eigenvalue weighted by molar-refractivity contribution is 0.769. The van der Waals surface area contributed by atoms with E-state index in [2.05, 4.69) is 252 Å². The minimum absolute atomic E-state index is 0.492. The van der Waals surface area contributed by atoms with Gasteiger partial charge in [-0.1, -0.05) is 182 Å². The first-order valence-corrected chi connectivity index (χ1v) is 21.1. The molecule has 1 aliphatic carbocycles. The van der Waals surface area contributed by atoms with Crippen molar-refractivity contribution < 1.29 is 0 Å². The quantitative estimate of drug-likeness (QED) is 0.156. The topological polar surface area (TPSA) is 8.17 Å². The zero-order chi connectivity index (χ0) is 40.3. The highest BCUT2D eigenvalue weighted by molar-refractivity contribution is 6.11. The normalized spacial score (nSPS) is 12.7. The maximum Gasteiger partial charge on any atom is 0.0714 e. The molecule has 0 saturated heterocycles. The highest BCUT2D eigenvalue weighted by Crippen LogP contribution is 2.56. The average Bonchev–Trinajstić information content (AvgIpc) is 3.83. The monoisotopic (exact) mass is 776 g/mol. The average molecular weight is 777 g/mol. The van der Waals surface area contributed by atoms with Crippen LogP contribution in [0.1, 0.15) is 22.3 Å². The lowest BCUT2D eigenvalue weighted by Gasteiger charge is -2.34. The number of benzene rings is 10. The number of fused-ring (bicyclic) bond motifs is 7. The van der Waals surface area contributed by atoms with E-state index < -0.39 is 5.41 Å². The van der Waals surface area contributed by atoms with Gasteiger partial charge in [-0.05, 0) is 116 Å². The van der Waals surface area contributed by atoms with Crippen LogP contribution in [-0.4, -0.2) is 4.57 Å². The summed E-state index contributed by atoms with van der Waals surface area (Å²) in [5.41, 5.74) is 16.5. The van der Waals surface area contributed by atoms with E-state index in [1.54, 1.807) is 0 Å². The lowest BCUT2D eigenvalue weighted by atomic mass is 9.67. The van der Waals surface area contributed by atoms with Gasteiger partial charge in [0, 0.05) is 33.5 Å². The van der Waals surface area contributed by atoms with Crippen molar-refractivity contribution in [2.24, 2.45) is 0 Å². The molecule has 2 nitrogen and oxygen atoms in total. The van der Waals surface area contributed by atoms with Crippen LogP contribution >= 0.6 is 0 Å². The molecule has 0 saturated carbocycles. The fraction of sp³-hybridized carbons (Fsp3) is 0.0169. The Bertz CT molecular complexity index is 3350. The van der Waals surface area contributed by atoms with E-state index in [-0.39, 0.29) is 0 Å². The molecule has 0 radical (unpaired) electrons. The van der Waals surface area contributed by atoms with Crippen molar-refractivity contribution in [1.82, 2.24) is 4.57 Å². The molecule has 10 aromatic carbocycles. The van der Waals surface area contributed by atoms with Gasteiger partial charge in [-0.15, -0.1) is 0 Å². The third-order valence-corrected chi connectivity index (χ3v) is 12.9. The molecule has 61 heavy (non-hydrogen) atoms. The summed E-state index contributed by atoms with van der Waals surface area (Å²) in [6, 6.07) is 89.0. The second kappa shape index (κ2) is 14.1. The Kier molecular flexibility index (Phi) is 8.11. The molecule has 2 heteroatoms. The standard InChI is InChI=1S/C59H40N2/c1-4-19-43(20-5-1)59(55-29-14-12-26-51(55)52-27-13-15-30-56(52)59)44-33-37-53-54-40-48(36-38-57(54)61(58(53)39-44)46-23-8-3-9-24-46)60(45-21-6-2-7-22-45)47-34-31-42(32-35-47)50-28-16-18-41-17-10-11-25-49(41)50/h1-40H. The molecule has 0 amide bonds. The molecule has 0 aliphatic heterocycles. The van der Waals surface area contributed by atoms with Gasteiger partial charge in [0.25, 0.3) is 0 Å². The van der Waals surface area contributed by atoms with E-state index in [0.29, 0.717) is 0 Å². The van der Waals surface area contributed by atoms with Gasteiger partial charge in [0.2, 0.25) is 0 Å².